The summed E-state index contributed by atoms with van der Waals surface area (Å²) in [4.78, 5) is 14.9. The molecule has 1 amide bonds. The summed E-state index contributed by atoms with van der Waals surface area (Å²) >= 11 is 0. The zero-order valence-electron chi connectivity index (χ0n) is 23.6. The van der Waals surface area contributed by atoms with Gasteiger partial charge in [-0.3, -0.25) is 14.8 Å². The van der Waals surface area contributed by atoms with Crippen LogP contribution in [0.5, 0.6) is 5.75 Å². The number of amides is 1. The fourth-order valence-corrected chi connectivity index (χ4v) is 7.07. The lowest BCUT2D eigenvalue weighted by molar-refractivity contribution is 0.0904. The van der Waals surface area contributed by atoms with Crippen molar-refractivity contribution < 1.29 is 27.1 Å². The number of rotatable bonds is 10. The monoisotopic (exact) mass is 607 g/mol. The maximum Gasteiger partial charge on any atom is 0.250 e. The molecule has 12 heteroatoms. The number of nitrogens with one attached hydrogen (secondary N) is 2. The molecule has 226 valence electrons. The average Bonchev–Trinajstić information content (AvgIpc) is 3.68. The first-order valence-corrected chi connectivity index (χ1v) is 15.9. The van der Waals surface area contributed by atoms with E-state index in [2.05, 4.69) is 20.4 Å². The second-order valence-electron chi connectivity index (χ2n) is 10.9. The maximum atomic E-state index is 13.9. The summed E-state index contributed by atoms with van der Waals surface area (Å²) in [7, 11) is -4.04. The number of aromatic nitrogens is 2. The molecule has 0 saturated carbocycles. The van der Waals surface area contributed by atoms with Gasteiger partial charge in [-0.25, -0.2) is 12.8 Å². The highest BCUT2D eigenvalue weighted by Gasteiger charge is 2.27. The number of carbonyl (C=O) groups is 1. The van der Waals surface area contributed by atoms with Crippen molar-refractivity contribution in [1.82, 2.24) is 15.1 Å². The second-order valence-corrected chi connectivity index (χ2v) is 12.8. The van der Waals surface area contributed by atoms with Crippen LogP contribution < -0.4 is 15.8 Å². The molecule has 0 aliphatic carbocycles. The highest BCUT2D eigenvalue weighted by Crippen LogP contribution is 2.43. The van der Waals surface area contributed by atoms with Crippen molar-refractivity contribution in [2.45, 2.75) is 41.5 Å². The summed E-state index contributed by atoms with van der Waals surface area (Å²) in [5, 5.41) is 11.6. The van der Waals surface area contributed by atoms with Gasteiger partial charge < -0.3 is 20.5 Å². The van der Waals surface area contributed by atoms with Crippen LogP contribution in [0.4, 0.5) is 10.1 Å². The van der Waals surface area contributed by atoms with Gasteiger partial charge >= 0.3 is 0 Å². The molecule has 43 heavy (non-hydrogen) atoms. The largest absolute Gasteiger partial charge is 0.491 e. The van der Waals surface area contributed by atoms with Gasteiger partial charge in [-0.1, -0.05) is 6.07 Å². The van der Waals surface area contributed by atoms with Gasteiger partial charge in [0.2, 0.25) is 9.84 Å². The Morgan fingerprint density at radius 3 is 2.60 bits per heavy atom. The summed E-state index contributed by atoms with van der Waals surface area (Å²) < 4.78 is 52.8. The minimum absolute atomic E-state index is 0.0135. The second kappa shape index (κ2) is 12.3. The Bertz CT molecular complexity index is 1750. The zero-order chi connectivity index (χ0) is 30.0. The molecule has 2 aliphatic rings. The standard InChI is InChI=1S/C31H34FN5O5S/c32-20-4-3-5-22(18-20)43(39,40)23-6-8-26-25(19-23)30(36-35-26)28-27(42-17-14-37-12-1-2-13-37)9-7-24(31(33)38)29(28)34-21-10-15-41-16-11-21/h3-9,18-19,21,34H,1-2,10-17H2,(H2,33,38)(H,35,36). The van der Waals surface area contributed by atoms with Crippen molar-refractivity contribution in [2.75, 3.05) is 44.8 Å². The highest BCUT2D eigenvalue weighted by atomic mass is 32.2. The molecule has 0 unspecified atom stereocenters. The van der Waals surface area contributed by atoms with E-state index in [0.717, 1.165) is 51.4 Å². The number of hydrogen-bond donors (Lipinski definition) is 3. The SMILES string of the molecule is NC(=O)c1ccc(OCCN2CCCC2)c(-c2n[nH]c3ccc(S(=O)(=O)c4cccc(F)c4)cc23)c1NC1CCOCC1. The van der Waals surface area contributed by atoms with Gasteiger partial charge in [0.05, 0.1) is 32.1 Å². The minimum atomic E-state index is -4.04. The zero-order valence-corrected chi connectivity index (χ0v) is 24.5. The van der Waals surface area contributed by atoms with Crippen molar-refractivity contribution in [2.24, 2.45) is 5.73 Å². The van der Waals surface area contributed by atoms with E-state index < -0.39 is 21.6 Å². The number of primary amides is 1. The fourth-order valence-electron chi connectivity index (χ4n) is 5.75. The van der Waals surface area contributed by atoms with Gasteiger partial charge in [0.1, 0.15) is 23.9 Å². The number of halogens is 1. The van der Waals surface area contributed by atoms with Crippen molar-refractivity contribution in [3.05, 3.63) is 66.0 Å². The molecule has 6 rings (SSSR count). The molecular weight excluding hydrogens is 573 g/mol. The lowest BCUT2D eigenvalue weighted by Gasteiger charge is -2.27. The molecule has 3 aromatic carbocycles. The predicted molar refractivity (Wildman–Crippen MR) is 161 cm³/mol. The molecule has 1 aromatic heterocycles. The van der Waals surface area contributed by atoms with E-state index >= 15 is 0 Å². The molecule has 0 spiro atoms. The molecule has 10 nitrogen and oxygen atoms in total. The van der Waals surface area contributed by atoms with Crippen molar-refractivity contribution >= 4 is 32.3 Å². The van der Waals surface area contributed by atoms with Crippen molar-refractivity contribution in [1.29, 1.82) is 0 Å². The van der Waals surface area contributed by atoms with Crippen LogP contribution in [0.2, 0.25) is 0 Å². The normalized spacial score (nSPS) is 16.5. The topological polar surface area (TPSA) is 140 Å². The molecule has 2 saturated heterocycles. The molecule has 4 N–H and O–H groups in total. The van der Waals surface area contributed by atoms with E-state index in [9.17, 15) is 17.6 Å². The number of benzene rings is 3. The van der Waals surface area contributed by atoms with E-state index in [0.29, 0.717) is 53.4 Å². The van der Waals surface area contributed by atoms with Crippen molar-refractivity contribution in [3.63, 3.8) is 0 Å². The smallest absolute Gasteiger partial charge is 0.250 e. The molecule has 0 radical (unpaired) electrons. The number of anilines is 1. The first-order valence-electron chi connectivity index (χ1n) is 14.5. The van der Waals surface area contributed by atoms with Crippen LogP contribution in [0, 0.1) is 5.82 Å². The quantitative estimate of drug-likeness (QED) is 0.242. The van der Waals surface area contributed by atoms with Crippen LogP contribution in [0.25, 0.3) is 22.2 Å². The Morgan fingerprint density at radius 2 is 1.86 bits per heavy atom. The number of likely N-dealkylation sites (tertiary alicyclic amines) is 1. The Hall–Kier alpha value is -4.00. The number of nitrogens with zero attached hydrogens (tertiary/aromatic N) is 2. The molecule has 3 heterocycles. The average molecular weight is 608 g/mol. The Balaban J connectivity index is 1.48. The van der Waals surface area contributed by atoms with Crippen molar-refractivity contribution in [3.8, 4) is 17.0 Å². The highest BCUT2D eigenvalue weighted by molar-refractivity contribution is 7.91. The Morgan fingerprint density at radius 1 is 1.09 bits per heavy atom. The minimum Gasteiger partial charge on any atom is -0.491 e. The van der Waals surface area contributed by atoms with E-state index in [4.69, 9.17) is 15.2 Å². The van der Waals surface area contributed by atoms with Crippen LogP contribution in [0.1, 0.15) is 36.0 Å². The van der Waals surface area contributed by atoms with Gasteiger partial charge in [-0.05, 0) is 87.3 Å². The van der Waals surface area contributed by atoms with E-state index in [-0.39, 0.29) is 21.4 Å². The number of ether oxygens (including phenoxy) is 2. The molecule has 2 aliphatic heterocycles. The summed E-state index contributed by atoms with van der Waals surface area (Å²) in [5.74, 6) is -0.770. The third-order valence-corrected chi connectivity index (χ3v) is 9.80. The lowest BCUT2D eigenvalue weighted by Crippen LogP contribution is -2.29. The molecule has 0 atom stereocenters. The number of H-pyrrole nitrogens is 1. The predicted octanol–water partition coefficient (Wildman–Crippen LogP) is 4.37. The number of nitrogens with two attached hydrogens (primary N) is 1. The van der Waals surface area contributed by atoms with Gasteiger partial charge in [-0.15, -0.1) is 0 Å². The summed E-state index contributed by atoms with van der Waals surface area (Å²) in [6, 6.07) is 12.9. The van der Waals surface area contributed by atoms with E-state index in [1.165, 1.54) is 30.3 Å². The van der Waals surface area contributed by atoms with Gasteiger partial charge in [0, 0.05) is 31.2 Å². The first-order chi connectivity index (χ1) is 20.8. The van der Waals surface area contributed by atoms with Crippen LogP contribution in [0.15, 0.2) is 64.4 Å². The van der Waals surface area contributed by atoms with E-state index in [1.54, 1.807) is 18.2 Å². The number of sulfone groups is 1. The summed E-state index contributed by atoms with van der Waals surface area (Å²) in [5.41, 5.74) is 8.10. The molecule has 4 aromatic rings. The Kier molecular flexibility index (Phi) is 8.33. The Labute approximate surface area is 249 Å². The third-order valence-electron chi connectivity index (χ3n) is 8.05. The number of carbonyl (C=O) groups excluding carboxylic acids is 1. The fraction of sp³-hybridized carbons (Fsp3) is 0.355. The van der Waals surface area contributed by atoms with Gasteiger partial charge in [-0.2, -0.15) is 5.10 Å². The maximum absolute atomic E-state index is 13.9. The number of fused-ring (bicyclic) bond motifs is 1. The molecule has 2 fully saturated rings. The van der Waals surface area contributed by atoms with Crippen LogP contribution >= 0.6 is 0 Å². The molecule has 0 bridgehead atoms. The van der Waals surface area contributed by atoms with Gasteiger partial charge in [0.25, 0.3) is 5.91 Å². The molecular formula is C31H34FN5O5S. The summed E-state index contributed by atoms with van der Waals surface area (Å²) in [6.07, 6.45) is 3.79. The van der Waals surface area contributed by atoms with Crippen LogP contribution in [-0.2, 0) is 14.6 Å². The third kappa shape index (κ3) is 6.08. The van der Waals surface area contributed by atoms with Crippen LogP contribution in [-0.4, -0.2) is 74.9 Å². The number of hydrogen-bond acceptors (Lipinski definition) is 8. The number of aromatic amines is 1. The first kappa shape index (κ1) is 29.1. The van der Waals surface area contributed by atoms with Gasteiger partial charge in [0.15, 0.2) is 0 Å². The van der Waals surface area contributed by atoms with E-state index in [1.807, 2.05) is 0 Å². The summed E-state index contributed by atoms with van der Waals surface area (Å²) in [6.45, 7) is 4.38. The lowest BCUT2D eigenvalue weighted by atomic mass is 9.98. The van der Waals surface area contributed by atoms with Crippen LogP contribution in [0.3, 0.4) is 0 Å².